The first-order chi connectivity index (χ1) is 14.1. The Kier molecular flexibility index (Phi) is 5.04. The highest BCUT2D eigenvalue weighted by atomic mass is 16.2. The van der Waals surface area contributed by atoms with Crippen molar-refractivity contribution < 1.29 is 9.59 Å². The largest absolute Gasteiger partial charge is 0.353 e. The van der Waals surface area contributed by atoms with Crippen molar-refractivity contribution in [1.82, 2.24) is 15.2 Å². The van der Waals surface area contributed by atoms with Crippen LogP contribution < -0.4 is 15.1 Å². The highest BCUT2D eigenvalue weighted by Gasteiger charge is 2.25. The molecule has 1 N–H and O–H groups in total. The standard InChI is InChI=1S/C21H22N6O2/c1-15-12-17(2-3-18(15)27-7-6-24-21(27)29)20(28)26-10-8-25(9-11-26)19-13-16(14-22)4-5-23-19/h2-5,12-13H,6-11H2,1H3,(H,24,29). The molecule has 2 aromatic rings. The summed E-state index contributed by atoms with van der Waals surface area (Å²) in [7, 11) is 0. The second-order valence-electron chi connectivity index (χ2n) is 7.18. The van der Waals surface area contributed by atoms with Crippen LogP contribution in [0.15, 0.2) is 36.5 Å². The number of hydrogen-bond donors (Lipinski definition) is 1. The van der Waals surface area contributed by atoms with Crippen LogP contribution in [0.5, 0.6) is 0 Å². The van der Waals surface area contributed by atoms with E-state index in [-0.39, 0.29) is 11.9 Å². The molecule has 148 valence electrons. The summed E-state index contributed by atoms with van der Waals surface area (Å²) in [6.45, 7) is 5.70. The fraction of sp³-hybridized carbons (Fsp3) is 0.333. The summed E-state index contributed by atoms with van der Waals surface area (Å²) in [6.07, 6.45) is 1.64. The van der Waals surface area contributed by atoms with Gasteiger partial charge in [-0.3, -0.25) is 9.69 Å². The van der Waals surface area contributed by atoms with Crippen molar-refractivity contribution in [3.8, 4) is 6.07 Å². The smallest absolute Gasteiger partial charge is 0.322 e. The molecule has 3 amide bonds. The molecule has 2 saturated heterocycles. The van der Waals surface area contributed by atoms with Crippen molar-refractivity contribution in [3.05, 3.63) is 53.2 Å². The van der Waals surface area contributed by atoms with Gasteiger partial charge >= 0.3 is 6.03 Å². The van der Waals surface area contributed by atoms with Gasteiger partial charge in [-0.15, -0.1) is 0 Å². The third kappa shape index (κ3) is 3.72. The number of pyridine rings is 1. The lowest BCUT2D eigenvalue weighted by Gasteiger charge is -2.35. The summed E-state index contributed by atoms with van der Waals surface area (Å²) in [6, 6.07) is 11.0. The molecule has 0 radical (unpaired) electrons. The number of benzene rings is 1. The molecule has 0 aliphatic carbocycles. The zero-order valence-electron chi connectivity index (χ0n) is 16.3. The molecule has 2 fully saturated rings. The lowest BCUT2D eigenvalue weighted by molar-refractivity contribution is 0.0746. The number of hydrogen-bond acceptors (Lipinski definition) is 5. The number of urea groups is 1. The average Bonchev–Trinajstić information content (AvgIpc) is 3.19. The normalized spacial score (nSPS) is 16.6. The quantitative estimate of drug-likeness (QED) is 0.862. The van der Waals surface area contributed by atoms with Crippen LogP contribution in [0.2, 0.25) is 0 Å². The molecule has 0 saturated carbocycles. The molecular weight excluding hydrogens is 368 g/mol. The third-order valence-corrected chi connectivity index (χ3v) is 5.36. The number of aromatic nitrogens is 1. The predicted molar refractivity (Wildman–Crippen MR) is 109 cm³/mol. The van der Waals surface area contributed by atoms with E-state index >= 15 is 0 Å². The van der Waals surface area contributed by atoms with Crippen LogP contribution in [0, 0.1) is 18.3 Å². The fourth-order valence-electron chi connectivity index (χ4n) is 3.77. The van der Waals surface area contributed by atoms with Crippen molar-refractivity contribution in [2.75, 3.05) is 49.1 Å². The van der Waals surface area contributed by atoms with Crippen molar-refractivity contribution in [2.24, 2.45) is 0 Å². The Morgan fingerprint density at radius 2 is 1.93 bits per heavy atom. The Labute approximate surface area is 169 Å². The highest BCUT2D eigenvalue weighted by Crippen LogP contribution is 2.24. The Morgan fingerprint density at radius 3 is 2.59 bits per heavy atom. The first-order valence-electron chi connectivity index (χ1n) is 9.63. The minimum atomic E-state index is -0.0997. The van der Waals surface area contributed by atoms with Gasteiger partial charge in [-0.1, -0.05) is 0 Å². The van der Waals surface area contributed by atoms with Crippen molar-refractivity contribution in [1.29, 1.82) is 5.26 Å². The van der Waals surface area contributed by atoms with Gasteiger partial charge in [0.25, 0.3) is 5.91 Å². The second-order valence-corrected chi connectivity index (χ2v) is 7.18. The summed E-state index contributed by atoms with van der Waals surface area (Å²) in [4.78, 5) is 34.8. The topological polar surface area (TPSA) is 92.6 Å². The van der Waals surface area contributed by atoms with E-state index in [1.165, 1.54) is 0 Å². The summed E-state index contributed by atoms with van der Waals surface area (Å²) < 4.78 is 0. The van der Waals surface area contributed by atoms with E-state index in [2.05, 4.69) is 21.3 Å². The van der Waals surface area contributed by atoms with Gasteiger partial charge in [0.2, 0.25) is 0 Å². The number of carbonyl (C=O) groups is 2. The van der Waals surface area contributed by atoms with Crippen LogP contribution in [0.4, 0.5) is 16.3 Å². The molecule has 3 heterocycles. The van der Waals surface area contributed by atoms with Gasteiger partial charge in [0, 0.05) is 56.7 Å². The maximum atomic E-state index is 12.9. The molecule has 0 spiro atoms. The summed E-state index contributed by atoms with van der Waals surface area (Å²) in [5.74, 6) is 0.754. The predicted octanol–water partition coefficient (Wildman–Crippen LogP) is 1.75. The number of nitrogens with zero attached hydrogens (tertiary/aromatic N) is 5. The van der Waals surface area contributed by atoms with E-state index in [0.717, 1.165) is 17.1 Å². The molecule has 8 heteroatoms. The Balaban J connectivity index is 1.42. The minimum Gasteiger partial charge on any atom is -0.353 e. The summed E-state index contributed by atoms with van der Waals surface area (Å²) >= 11 is 0. The second kappa shape index (κ2) is 7.80. The Bertz CT molecular complexity index is 991. The van der Waals surface area contributed by atoms with Gasteiger partial charge in [-0.25, -0.2) is 9.78 Å². The van der Waals surface area contributed by atoms with Crippen LogP contribution in [0.3, 0.4) is 0 Å². The van der Waals surface area contributed by atoms with Crippen molar-refractivity contribution >= 4 is 23.4 Å². The Morgan fingerprint density at radius 1 is 1.14 bits per heavy atom. The molecule has 0 unspecified atom stereocenters. The lowest BCUT2D eigenvalue weighted by atomic mass is 10.1. The molecule has 1 aromatic heterocycles. The van der Waals surface area contributed by atoms with Gasteiger partial charge in [0.15, 0.2) is 0 Å². The van der Waals surface area contributed by atoms with Crippen LogP contribution in [-0.2, 0) is 0 Å². The van der Waals surface area contributed by atoms with E-state index < -0.39 is 0 Å². The maximum Gasteiger partial charge on any atom is 0.322 e. The number of nitrogens with one attached hydrogen (secondary N) is 1. The van der Waals surface area contributed by atoms with Crippen LogP contribution in [-0.4, -0.2) is 61.1 Å². The fourth-order valence-corrected chi connectivity index (χ4v) is 3.77. The van der Waals surface area contributed by atoms with E-state index in [4.69, 9.17) is 5.26 Å². The van der Waals surface area contributed by atoms with Crippen molar-refractivity contribution in [3.63, 3.8) is 0 Å². The SMILES string of the molecule is Cc1cc(C(=O)N2CCN(c3cc(C#N)ccn3)CC2)ccc1N1CCNC1=O. The van der Waals surface area contributed by atoms with Crippen LogP contribution in [0.1, 0.15) is 21.5 Å². The van der Waals surface area contributed by atoms with Gasteiger partial charge < -0.3 is 15.1 Å². The average molecular weight is 390 g/mol. The molecule has 2 aliphatic rings. The minimum absolute atomic E-state index is 0.0103. The lowest BCUT2D eigenvalue weighted by Crippen LogP contribution is -2.49. The molecule has 29 heavy (non-hydrogen) atoms. The summed E-state index contributed by atoms with van der Waals surface area (Å²) in [5, 5.41) is 11.8. The van der Waals surface area contributed by atoms with E-state index in [1.54, 1.807) is 29.3 Å². The van der Waals surface area contributed by atoms with Crippen LogP contribution in [0.25, 0.3) is 0 Å². The molecule has 1 aromatic carbocycles. The number of anilines is 2. The number of rotatable bonds is 3. The molecule has 0 atom stereocenters. The number of amides is 3. The number of aryl methyl sites for hydroxylation is 1. The first kappa shape index (κ1) is 18.7. The van der Waals surface area contributed by atoms with E-state index in [0.29, 0.717) is 50.4 Å². The van der Waals surface area contributed by atoms with E-state index in [9.17, 15) is 9.59 Å². The number of nitriles is 1. The Hall–Kier alpha value is -3.60. The molecule has 4 rings (SSSR count). The third-order valence-electron chi connectivity index (χ3n) is 5.36. The van der Waals surface area contributed by atoms with E-state index in [1.807, 2.05) is 24.0 Å². The van der Waals surface area contributed by atoms with Gasteiger partial charge in [0.1, 0.15) is 5.82 Å². The number of piperazine rings is 1. The molecular formula is C21H22N6O2. The zero-order chi connectivity index (χ0) is 20.4. The molecule has 0 bridgehead atoms. The van der Waals surface area contributed by atoms with Gasteiger partial charge in [0.05, 0.1) is 11.6 Å². The monoisotopic (exact) mass is 390 g/mol. The van der Waals surface area contributed by atoms with Gasteiger partial charge in [-0.05, 0) is 42.8 Å². The zero-order valence-corrected chi connectivity index (χ0v) is 16.3. The first-order valence-corrected chi connectivity index (χ1v) is 9.63. The highest BCUT2D eigenvalue weighted by molar-refractivity contribution is 5.98. The van der Waals surface area contributed by atoms with Crippen LogP contribution >= 0.6 is 0 Å². The van der Waals surface area contributed by atoms with Crippen molar-refractivity contribution in [2.45, 2.75) is 6.92 Å². The van der Waals surface area contributed by atoms with Gasteiger partial charge in [-0.2, -0.15) is 5.26 Å². The molecule has 2 aliphatic heterocycles. The molecule has 8 nitrogen and oxygen atoms in total. The number of carbonyl (C=O) groups excluding carboxylic acids is 2. The summed E-state index contributed by atoms with van der Waals surface area (Å²) in [5.41, 5.74) is 2.95. The maximum absolute atomic E-state index is 12.9.